The highest BCUT2D eigenvalue weighted by atomic mass is 15.3. The molecular weight excluding hydrogens is 314 g/mol. The first-order chi connectivity index (χ1) is 12.2. The normalized spacial score (nSPS) is 21.6. The van der Waals surface area contributed by atoms with Crippen LogP contribution in [0.5, 0.6) is 0 Å². The van der Waals surface area contributed by atoms with Gasteiger partial charge in [0.25, 0.3) is 0 Å². The lowest BCUT2D eigenvalue weighted by atomic mass is 9.93. The predicted octanol–water partition coefficient (Wildman–Crippen LogP) is 1.94. The molecule has 136 valence electrons. The minimum absolute atomic E-state index is 0.441. The number of hydrogen-bond acceptors (Lipinski definition) is 3. The SMILES string of the molecule is CCNC(=NCCn1ccnc1C)N1CCC(C)C(n2ccnc2)C1. The molecule has 0 aliphatic carbocycles. The molecule has 1 aliphatic rings. The van der Waals surface area contributed by atoms with Crippen LogP contribution in [0.25, 0.3) is 0 Å². The summed E-state index contributed by atoms with van der Waals surface area (Å²) in [7, 11) is 0. The summed E-state index contributed by atoms with van der Waals surface area (Å²) in [5, 5.41) is 3.45. The molecule has 0 spiro atoms. The van der Waals surface area contributed by atoms with E-state index in [-0.39, 0.29) is 0 Å². The number of imidazole rings is 2. The summed E-state index contributed by atoms with van der Waals surface area (Å²) < 4.78 is 4.37. The van der Waals surface area contributed by atoms with Gasteiger partial charge < -0.3 is 19.4 Å². The number of guanidine groups is 1. The van der Waals surface area contributed by atoms with Crippen molar-refractivity contribution in [2.45, 2.75) is 39.8 Å². The van der Waals surface area contributed by atoms with E-state index < -0.39 is 0 Å². The Hall–Kier alpha value is -2.31. The van der Waals surface area contributed by atoms with Crippen LogP contribution < -0.4 is 5.32 Å². The molecule has 1 fully saturated rings. The Kier molecular flexibility index (Phi) is 5.73. The Bertz CT molecular complexity index is 673. The Morgan fingerprint density at radius 1 is 1.36 bits per heavy atom. The Morgan fingerprint density at radius 3 is 2.92 bits per heavy atom. The van der Waals surface area contributed by atoms with Crippen LogP contribution in [0.4, 0.5) is 0 Å². The summed E-state index contributed by atoms with van der Waals surface area (Å²) >= 11 is 0. The van der Waals surface area contributed by atoms with Gasteiger partial charge in [-0.1, -0.05) is 6.92 Å². The fourth-order valence-electron chi connectivity index (χ4n) is 3.42. The molecule has 0 saturated carbocycles. The number of aryl methyl sites for hydroxylation is 1. The molecule has 2 aromatic rings. The summed E-state index contributed by atoms with van der Waals surface area (Å²) in [6.07, 6.45) is 10.9. The lowest BCUT2D eigenvalue weighted by molar-refractivity contribution is 0.189. The van der Waals surface area contributed by atoms with Crippen molar-refractivity contribution in [3.05, 3.63) is 36.9 Å². The van der Waals surface area contributed by atoms with Gasteiger partial charge >= 0.3 is 0 Å². The molecule has 1 aliphatic heterocycles. The molecule has 25 heavy (non-hydrogen) atoms. The van der Waals surface area contributed by atoms with E-state index in [4.69, 9.17) is 4.99 Å². The van der Waals surface area contributed by atoms with Crippen LogP contribution in [-0.4, -0.2) is 56.1 Å². The van der Waals surface area contributed by atoms with E-state index in [0.717, 1.165) is 50.9 Å². The zero-order chi connectivity index (χ0) is 17.6. The molecule has 7 nitrogen and oxygen atoms in total. The van der Waals surface area contributed by atoms with Crippen LogP contribution >= 0.6 is 0 Å². The Morgan fingerprint density at radius 2 is 2.24 bits per heavy atom. The highest BCUT2D eigenvalue weighted by Gasteiger charge is 2.28. The first-order valence-corrected chi connectivity index (χ1v) is 9.17. The van der Waals surface area contributed by atoms with Gasteiger partial charge in [0.15, 0.2) is 5.96 Å². The minimum atomic E-state index is 0.441. The molecule has 1 N–H and O–H groups in total. The highest BCUT2D eigenvalue weighted by Crippen LogP contribution is 2.27. The summed E-state index contributed by atoms with van der Waals surface area (Å²) in [6, 6.07) is 0.441. The van der Waals surface area contributed by atoms with Crippen LogP contribution in [0.1, 0.15) is 32.1 Å². The van der Waals surface area contributed by atoms with E-state index in [1.807, 2.05) is 31.8 Å². The van der Waals surface area contributed by atoms with E-state index in [9.17, 15) is 0 Å². The van der Waals surface area contributed by atoms with E-state index in [1.165, 1.54) is 0 Å². The maximum atomic E-state index is 4.85. The van der Waals surface area contributed by atoms with Crippen LogP contribution in [0.3, 0.4) is 0 Å². The number of rotatable bonds is 5. The van der Waals surface area contributed by atoms with Crippen molar-refractivity contribution in [1.29, 1.82) is 0 Å². The van der Waals surface area contributed by atoms with Gasteiger partial charge in [0, 0.05) is 51.0 Å². The summed E-state index contributed by atoms with van der Waals surface area (Å²) in [5.74, 6) is 2.69. The summed E-state index contributed by atoms with van der Waals surface area (Å²) in [6.45, 7) is 11.0. The summed E-state index contributed by atoms with van der Waals surface area (Å²) in [4.78, 5) is 15.7. The largest absolute Gasteiger partial charge is 0.357 e. The van der Waals surface area contributed by atoms with E-state index >= 15 is 0 Å². The van der Waals surface area contributed by atoms with Gasteiger partial charge in [-0.15, -0.1) is 0 Å². The molecule has 1 saturated heterocycles. The van der Waals surface area contributed by atoms with E-state index in [1.54, 1.807) is 0 Å². The number of hydrogen-bond donors (Lipinski definition) is 1. The molecule has 2 unspecified atom stereocenters. The van der Waals surface area contributed by atoms with Gasteiger partial charge in [-0.05, 0) is 26.2 Å². The van der Waals surface area contributed by atoms with Crippen molar-refractivity contribution in [2.24, 2.45) is 10.9 Å². The molecule has 0 bridgehead atoms. The monoisotopic (exact) mass is 343 g/mol. The number of aliphatic imine (C=N–C) groups is 1. The zero-order valence-corrected chi connectivity index (χ0v) is 15.5. The topological polar surface area (TPSA) is 63.3 Å². The average molecular weight is 343 g/mol. The number of piperidine rings is 1. The average Bonchev–Trinajstić information content (AvgIpc) is 3.27. The van der Waals surface area contributed by atoms with Gasteiger partial charge in [0.05, 0.1) is 18.9 Å². The lowest BCUT2D eigenvalue weighted by Gasteiger charge is -2.39. The third-order valence-corrected chi connectivity index (χ3v) is 4.99. The number of aromatic nitrogens is 4. The van der Waals surface area contributed by atoms with Gasteiger partial charge in [-0.2, -0.15) is 0 Å². The molecule has 7 heteroatoms. The van der Waals surface area contributed by atoms with Gasteiger partial charge in [-0.25, -0.2) is 9.97 Å². The third kappa shape index (κ3) is 4.21. The smallest absolute Gasteiger partial charge is 0.194 e. The van der Waals surface area contributed by atoms with Crippen molar-refractivity contribution in [1.82, 2.24) is 29.3 Å². The number of nitrogens with zero attached hydrogens (tertiary/aromatic N) is 6. The molecule has 0 aromatic carbocycles. The van der Waals surface area contributed by atoms with Gasteiger partial charge in [0.2, 0.25) is 0 Å². The first kappa shape index (κ1) is 17.5. The van der Waals surface area contributed by atoms with Crippen molar-refractivity contribution in [3.8, 4) is 0 Å². The maximum Gasteiger partial charge on any atom is 0.194 e. The Balaban J connectivity index is 1.66. The second-order valence-electron chi connectivity index (χ2n) is 6.69. The molecule has 3 heterocycles. The number of nitrogens with one attached hydrogen (secondary N) is 1. The third-order valence-electron chi connectivity index (χ3n) is 4.99. The van der Waals surface area contributed by atoms with Crippen LogP contribution in [0.2, 0.25) is 0 Å². The van der Waals surface area contributed by atoms with Gasteiger partial charge in [0.1, 0.15) is 5.82 Å². The maximum absolute atomic E-state index is 4.85. The van der Waals surface area contributed by atoms with Crippen LogP contribution in [-0.2, 0) is 6.54 Å². The van der Waals surface area contributed by atoms with E-state index in [2.05, 4.69) is 49.4 Å². The standard InChI is InChI=1S/C18H29N7/c1-4-20-18(22-8-12-23-11-7-21-16(23)3)24-9-5-15(2)17(13-24)25-10-6-19-14-25/h6-7,10-11,14-15,17H,4-5,8-9,12-13H2,1-3H3,(H,20,22). The van der Waals surface area contributed by atoms with Crippen molar-refractivity contribution in [3.63, 3.8) is 0 Å². The molecule has 0 amide bonds. The minimum Gasteiger partial charge on any atom is -0.357 e. The first-order valence-electron chi connectivity index (χ1n) is 9.17. The molecular formula is C18H29N7. The molecule has 2 atom stereocenters. The van der Waals surface area contributed by atoms with Crippen molar-refractivity contribution < 1.29 is 0 Å². The highest BCUT2D eigenvalue weighted by molar-refractivity contribution is 5.80. The predicted molar refractivity (Wildman–Crippen MR) is 99.6 cm³/mol. The quantitative estimate of drug-likeness (QED) is 0.666. The fourth-order valence-corrected chi connectivity index (χ4v) is 3.42. The second-order valence-corrected chi connectivity index (χ2v) is 6.69. The number of likely N-dealkylation sites (tertiary alicyclic amines) is 1. The van der Waals surface area contributed by atoms with Crippen LogP contribution in [0.15, 0.2) is 36.1 Å². The molecule has 3 rings (SSSR count). The zero-order valence-electron chi connectivity index (χ0n) is 15.5. The van der Waals surface area contributed by atoms with Crippen LogP contribution in [0, 0.1) is 12.8 Å². The van der Waals surface area contributed by atoms with Crippen molar-refractivity contribution >= 4 is 5.96 Å². The lowest BCUT2D eigenvalue weighted by Crippen LogP contribution is -2.49. The Labute approximate surface area is 149 Å². The summed E-state index contributed by atoms with van der Waals surface area (Å²) in [5.41, 5.74) is 0. The van der Waals surface area contributed by atoms with Gasteiger partial charge in [-0.3, -0.25) is 4.99 Å². The molecule has 2 aromatic heterocycles. The van der Waals surface area contributed by atoms with Crippen molar-refractivity contribution in [2.75, 3.05) is 26.2 Å². The molecule has 0 radical (unpaired) electrons. The second kappa shape index (κ2) is 8.18. The fraction of sp³-hybridized carbons (Fsp3) is 0.611. The van der Waals surface area contributed by atoms with E-state index in [0.29, 0.717) is 12.0 Å².